The molecular formula is C19H16O6. The molecule has 4 rings (SSSR count). The Kier molecular flexibility index (Phi) is 3.59. The van der Waals surface area contributed by atoms with Gasteiger partial charge in [-0.15, -0.1) is 0 Å². The van der Waals surface area contributed by atoms with Crippen LogP contribution in [0.4, 0.5) is 0 Å². The molecule has 6 nitrogen and oxygen atoms in total. The van der Waals surface area contributed by atoms with Crippen molar-refractivity contribution in [2.45, 2.75) is 18.0 Å². The highest BCUT2D eigenvalue weighted by molar-refractivity contribution is 5.87. The first-order valence-electron chi connectivity index (χ1n) is 7.83. The second-order valence-corrected chi connectivity index (χ2v) is 5.83. The van der Waals surface area contributed by atoms with E-state index in [1.165, 1.54) is 14.2 Å². The molecule has 0 unspecified atom stereocenters. The fraction of sp³-hybridized carbons (Fsp3) is 0.263. The minimum Gasteiger partial charge on any atom is -0.467 e. The van der Waals surface area contributed by atoms with Crippen LogP contribution in [0.1, 0.15) is 11.1 Å². The van der Waals surface area contributed by atoms with Crippen molar-refractivity contribution in [3.63, 3.8) is 0 Å². The third kappa shape index (κ3) is 2.11. The van der Waals surface area contributed by atoms with Crippen LogP contribution in [0.2, 0.25) is 0 Å². The number of benzene rings is 2. The summed E-state index contributed by atoms with van der Waals surface area (Å²) in [6.07, 6.45) is -2.42. The smallest absolute Gasteiger partial charge is 0.338 e. The van der Waals surface area contributed by atoms with Crippen molar-refractivity contribution >= 4 is 11.9 Å². The van der Waals surface area contributed by atoms with Gasteiger partial charge >= 0.3 is 11.9 Å². The summed E-state index contributed by atoms with van der Waals surface area (Å²) in [7, 11) is 2.48. The van der Waals surface area contributed by atoms with Crippen molar-refractivity contribution in [3.05, 3.63) is 59.7 Å². The Morgan fingerprint density at radius 3 is 1.60 bits per heavy atom. The predicted octanol–water partition coefficient (Wildman–Crippen LogP) is 2.00. The summed E-state index contributed by atoms with van der Waals surface area (Å²) in [5.41, 5.74) is 3.37. The Morgan fingerprint density at radius 2 is 1.20 bits per heavy atom. The monoisotopic (exact) mass is 340 g/mol. The number of hydrogen-bond acceptors (Lipinski definition) is 6. The van der Waals surface area contributed by atoms with Gasteiger partial charge in [0.2, 0.25) is 5.79 Å². The molecule has 128 valence electrons. The third-order valence-corrected chi connectivity index (χ3v) is 4.58. The zero-order valence-electron chi connectivity index (χ0n) is 13.7. The van der Waals surface area contributed by atoms with Crippen LogP contribution in [0.3, 0.4) is 0 Å². The van der Waals surface area contributed by atoms with E-state index in [0.717, 1.165) is 22.3 Å². The molecule has 1 aliphatic heterocycles. The molecule has 1 saturated heterocycles. The Balaban J connectivity index is 1.90. The van der Waals surface area contributed by atoms with E-state index in [-0.39, 0.29) is 0 Å². The number of ether oxygens (including phenoxy) is 4. The van der Waals surface area contributed by atoms with Gasteiger partial charge in [-0.25, -0.2) is 9.59 Å². The number of fused-ring (bicyclic) bond motifs is 5. The van der Waals surface area contributed by atoms with E-state index in [9.17, 15) is 9.59 Å². The van der Waals surface area contributed by atoms with E-state index >= 15 is 0 Å². The molecule has 0 amide bonds. The predicted molar refractivity (Wildman–Crippen MR) is 86.4 cm³/mol. The lowest BCUT2D eigenvalue weighted by Gasteiger charge is -2.25. The zero-order valence-corrected chi connectivity index (χ0v) is 13.7. The van der Waals surface area contributed by atoms with Gasteiger partial charge in [0.05, 0.1) is 14.2 Å². The molecule has 6 heteroatoms. The van der Waals surface area contributed by atoms with E-state index in [2.05, 4.69) is 0 Å². The molecule has 0 aromatic heterocycles. The number of carbonyl (C=O) groups excluding carboxylic acids is 2. The second-order valence-electron chi connectivity index (χ2n) is 5.83. The van der Waals surface area contributed by atoms with E-state index in [4.69, 9.17) is 18.9 Å². The lowest BCUT2D eigenvalue weighted by Crippen LogP contribution is -2.38. The van der Waals surface area contributed by atoms with E-state index < -0.39 is 29.9 Å². The van der Waals surface area contributed by atoms with Crippen molar-refractivity contribution in [1.29, 1.82) is 0 Å². The van der Waals surface area contributed by atoms with Gasteiger partial charge in [-0.3, -0.25) is 0 Å². The first-order chi connectivity index (χ1) is 12.1. The Hall–Kier alpha value is -2.70. The number of rotatable bonds is 2. The molecule has 0 N–H and O–H groups in total. The molecule has 2 aliphatic rings. The van der Waals surface area contributed by atoms with Gasteiger partial charge in [-0.1, -0.05) is 48.5 Å². The van der Waals surface area contributed by atoms with Crippen LogP contribution in [0.25, 0.3) is 11.1 Å². The second kappa shape index (κ2) is 5.68. The van der Waals surface area contributed by atoms with Crippen LogP contribution in [0, 0.1) is 0 Å². The van der Waals surface area contributed by atoms with Crippen molar-refractivity contribution in [2.24, 2.45) is 0 Å². The molecule has 1 aliphatic carbocycles. The lowest BCUT2D eigenvalue weighted by atomic mass is 10.0. The number of carbonyl (C=O) groups is 2. The third-order valence-electron chi connectivity index (χ3n) is 4.58. The largest absolute Gasteiger partial charge is 0.467 e. The topological polar surface area (TPSA) is 71.1 Å². The van der Waals surface area contributed by atoms with Crippen molar-refractivity contribution in [1.82, 2.24) is 0 Å². The Morgan fingerprint density at radius 1 is 0.800 bits per heavy atom. The minimum atomic E-state index is -1.34. The highest BCUT2D eigenvalue weighted by Gasteiger charge is 2.59. The molecule has 25 heavy (non-hydrogen) atoms. The van der Waals surface area contributed by atoms with Gasteiger partial charge in [-0.05, 0) is 11.1 Å². The van der Waals surface area contributed by atoms with Gasteiger partial charge in [0, 0.05) is 11.1 Å². The number of esters is 2. The molecule has 2 aromatic rings. The number of methoxy groups -OCH3 is 2. The van der Waals surface area contributed by atoms with Crippen molar-refractivity contribution in [2.75, 3.05) is 14.2 Å². The lowest BCUT2D eigenvalue weighted by molar-refractivity contribution is -0.172. The molecular weight excluding hydrogens is 324 g/mol. The first-order valence-corrected chi connectivity index (χ1v) is 7.83. The van der Waals surface area contributed by atoms with Gasteiger partial charge in [0.15, 0.2) is 12.2 Å². The standard InChI is InChI=1S/C19H16O6/c1-22-17(20)15-16(18(21)23-2)25-19(24-15)13-9-5-3-7-11(13)12-8-4-6-10-14(12)19/h3-10,15-16H,1-2H3/t15-,16-/m1/s1. The SMILES string of the molecule is COC(=O)[C@@H]1OC2(O[C@H]1C(=O)OC)c1ccccc1-c1ccccc12. The van der Waals surface area contributed by atoms with Gasteiger partial charge in [0.25, 0.3) is 0 Å². The van der Waals surface area contributed by atoms with Crippen LogP contribution >= 0.6 is 0 Å². The molecule has 2 atom stereocenters. The highest BCUT2D eigenvalue weighted by atomic mass is 16.8. The summed E-state index contributed by atoms with van der Waals surface area (Å²) in [5.74, 6) is -2.71. The summed E-state index contributed by atoms with van der Waals surface area (Å²) in [4.78, 5) is 24.3. The summed E-state index contributed by atoms with van der Waals surface area (Å²) in [6.45, 7) is 0. The fourth-order valence-electron chi connectivity index (χ4n) is 3.49. The quantitative estimate of drug-likeness (QED) is 0.779. The van der Waals surface area contributed by atoms with Crippen LogP contribution in [-0.2, 0) is 34.3 Å². The van der Waals surface area contributed by atoms with Crippen LogP contribution in [-0.4, -0.2) is 38.4 Å². The molecule has 0 bridgehead atoms. The fourth-order valence-corrected chi connectivity index (χ4v) is 3.49. The maximum Gasteiger partial charge on any atom is 0.338 e. The summed E-state index contributed by atoms with van der Waals surface area (Å²) >= 11 is 0. The van der Waals surface area contributed by atoms with Crippen molar-refractivity contribution in [3.8, 4) is 11.1 Å². The average molecular weight is 340 g/mol. The molecule has 0 radical (unpaired) electrons. The maximum absolute atomic E-state index is 12.2. The Labute approximate surface area is 144 Å². The highest BCUT2D eigenvalue weighted by Crippen LogP contribution is 2.54. The van der Waals surface area contributed by atoms with Gasteiger partial charge in [-0.2, -0.15) is 0 Å². The van der Waals surface area contributed by atoms with E-state index in [0.29, 0.717) is 0 Å². The van der Waals surface area contributed by atoms with E-state index in [1.807, 2.05) is 48.5 Å². The normalized spacial score (nSPS) is 22.3. The summed E-state index contributed by atoms with van der Waals surface area (Å²) in [5, 5.41) is 0. The van der Waals surface area contributed by atoms with Crippen LogP contribution in [0.15, 0.2) is 48.5 Å². The molecule has 0 saturated carbocycles. The minimum absolute atomic E-state index is 0.686. The molecule has 1 fully saturated rings. The molecule has 2 aromatic carbocycles. The summed E-state index contributed by atoms with van der Waals surface area (Å²) < 4.78 is 21.7. The van der Waals surface area contributed by atoms with Crippen LogP contribution < -0.4 is 0 Å². The van der Waals surface area contributed by atoms with Gasteiger partial charge < -0.3 is 18.9 Å². The van der Waals surface area contributed by atoms with Crippen LogP contribution in [0.5, 0.6) is 0 Å². The molecule has 1 spiro atoms. The average Bonchev–Trinajstić information content (AvgIpc) is 3.20. The zero-order chi connectivity index (χ0) is 17.6. The summed E-state index contributed by atoms with van der Waals surface area (Å²) in [6, 6.07) is 15.2. The Bertz CT molecular complexity index is 787. The van der Waals surface area contributed by atoms with E-state index in [1.54, 1.807) is 0 Å². The van der Waals surface area contributed by atoms with Crippen molar-refractivity contribution < 1.29 is 28.5 Å². The maximum atomic E-state index is 12.2. The molecule has 1 heterocycles. The first kappa shape index (κ1) is 15.8. The number of hydrogen-bond donors (Lipinski definition) is 0. The van der Waals surface area contributed by atoms with Gasteiger partial charge in [0.1, 0.15) is 0 Å².